The number of carbonyl (C=O) groups is 2. The summed E-state index contributed by atoms with van der Waals surface area (Å²) in [4.78, 5) is 27.7. The zero-order valence-electron chi connectivity index (χ0n) is 18.9. The SMILES string of the molecule is COCCN(CC(=O)N1N=C(c2ccc(F)cc2)C[C@H]1c1ccc(OC)cc1)C(=O)C1CC1. The van der Waals surface area contributed by atoms with Gasteiger partial charge in [-0.1, -0.05) is 24.3 Å². The van der Waals surface area contributed by atoms with E-state index in [4.69, 9.17) is 9.47 Å². The molecule has 0 radical (unpaired) electrons. The number of carbonyl (C=O) groups excluding carboxylic acids is 2. The Kier molecular flexibility index (Phi) is 7.03. The summed E-state index contributed by atoms with van der Waals surface area (Å²) >= 11 is 0. The topological polar surface area (TPSA) is 71.4 Å². The van der Waals surface area contributed by atoms with Gasteiger partial charge in [0.1, 0.15) is 18.1 Å². The Balaban J connectivity index is 1.59. The number of halogens is 1. The van der Waals surface area contributed by atoms with Crippen molar-refractivity contribution in [3.8, 4) is 5.75 Å². The van der Waals surface area contributed by atoms with Gasteiger partial charge in [0.15, 0.2) is 0 Å². The largest absolute Gasteiger partial charge is 0.497 e. The van der Waals surface area contributed by atoms with Gasteiger partial charge in [-0.05, 0) is 48.2 Å². The quantitative estimate of drug-likeness (QED) is 0.584. The van der Waals surface area contributed by atoms with Crippen molar-refractivity contribution in [1.29, 1.82) is 0 Å². The predicted octanol–water partition coefficient (Wildman–Crippen LogP) is 3.40. The summed E-state index contributed by atoms with van der Waals surface area (Å²) in [6.07, 6.45) is 2.21. The maximum atomic E-state index is 13.4. The monoisotopic (exact) mass is 453 g/mol. The molecule has 1 fully saturated rings. The highest BCUT2D eigenvalue weighted by Crippen LogP contribution is 2.34. The van der Waals surface area contributed by atoms with Gasteiger partial charge < -0.3 is 14.4 Å². The molecule has 1 heterocycles. The molecule has 0 spiro atoms. The lowest BCUT2D eigenvalue weighted by Gasteiger charge is -2.27. The molecule has 4 rings (SSSR count). The third kappa shape index (κ3) is 5.39. The fourth-order valence-corrected chi connectivity index (χ4v) is 3.94. The van der Waals surface area contributed by atoms with Crippen LogP contribution in [0.2, 0.25) is 0 Å². The van der Waals surface area contributed by atoms with E-state index >= 15 is 0 Å². The number of benzene rings is 2. The summed E-state index contributed by atoms with van der Waals surface area (Å²) in [7, 11) is 3.17. The average Bonchev–Trinajstić information content (AvgIpc) is 3.60. The number of ether oxygens (including phenoxy) is 2. The number of hydrazone groups is 1. The van der Waals surface area contributed by atoms with Crippen molar-refractivity contribution < 1.29 is 23.5 Å². The Hall–Kier alpha value is -3.26. The molecule has 8 heteroatoms. The third-order valence-corrected chi connectivity index (χ3v) is 5.97. The summed E-state index contributed by atoms with van der Waals surface area (Å²) < 4.78 is 23.8. The van der Waals surface area contributed by atoms with Crippen LogP contribution in [0.1, 0.15) is 36.4 Å². The Morgan fingerprint density at radius 3 is 2.39 bits per heavy atom. The minimum absolute atomic E-state index is 0.00361. The van der Waals surface area contributed by atoms with E-state index in [2.05, 4.69) is 5.10 Å². The molecular formula is C25H28FN3O4. The fourth-order valence-electron chi connectivity index (χ4n) is 3.94. The van der Waals surface area contributed by atoms with Crippen LogP contribution in [-0.4, -0.2) is 61.4 Å². The Morgan fingerprint density at radius 1 is 1.09 bits per heavy atom. The summed E-state index contributed by atoms with van der Waals surface area (Å²) in [5.74, 6) is 0.115. The Labute approximate surface area is 192 Å². The number of hydrogen-bond acceptors (Lipinski definition) is 5. The normalized spacial score (nSPS) is 17.6. The molecule has 1 saturated carbocycles. The molecule has 2 aromatic carbocycles. The molecule has 2 aromatic rings. The minimum atomic E-state index is -0.330. The van der Waals surface area contributed by atoms with E-state index < -0.39 is 0 Å². The van der Waals surface area contributed by atoms with Crippen molar-refractivity contribution in [1.82, 2.24) is 9.91 Å². The molecule has 0 N–H and O–H groups in total. The highest BCUT2D eigenvalue weighted by molar-refractivity contribution is 6.03. The zero-order chi connectivity index (χ0) is 23.4. The molecule has 0 aromatic heterocycles. The molecule has 2 amide bonds. The maximum Gasteiger partial charge on any atom is 0.262 e. The van der Waals surface area contributed by atoms with E-state index in [0.717, 1.165) is 29.7 Å². The highest BCUT2D eigenvalue weighted by Gasteiger charge is 2.37. The van der Waals surface area contributed by atoms with Crippen LogP contribution in [0.15, 0.2) is 53.6 Å². The number of rotatable bonds is 9. The van der Waals surface area contributed by atoms with Crippen molar-refractivity contribution in [2.75, 3.05) is 33.9 Å². The van der Waals surface area contributed by atoms with Crippen LogP contribution < -0.4 is 4.74 Å². The van der Waals surface area contributed by atoms with Gasteiger partial charge >= 0.3 is 0 Å². The second kappa shape index (κ2) is 10.1. The van der Waals surface area contributed by atoms with Crippen molar-refractivity contribution in [2.45, 2.75) is 25.3 Å². The second-order valence-electron chi connectivity index (χ2n) is 8.31. The number of amides is 2. The molecule has 2 aliphatic rings. The maximum absolute atomic E-state index is 13.4. The van der Waals surface area contributed by atoms with Crippen LogP contribution in [0.5, 0.6) is 5.75 Å². The third-order valence-electron chi connectivity index (χ3n) is 5.97. The van der Waals surface area contributed by atoms with Gasteiger partial charge in [0.05, 0.1) is 25.5 Å². The Morgan fingerprint density at radius 2 is 1.79 bits per heavy atom. The van der Waals surface area contributed by atoms with E-state index in [9.17, 15) is 14.0 Å². The van der Waals surface area contributed by atoms with Gasteiger partial charge in [-0.2, -0.15) is 5.10 Å². The van der Waals surface area contributed by atoms with Crippen LogP contribution in [0.25, 0.3) is 0 Å². The first-order valence-corrected chi connectivity index (χ1v) is 11.1. The van der Waals surface area contributed by atoms with Gasteiger partial charge in [-0.3, -0.25) is 9.59 Å². The first kappa shape index (κ1) is 22.9. The zero-order valence-corrected chi connectivity index (χ0v) is 18.9. The van der Waals surface area contributed by atoms with Gasteiger partial charge in [-0.15, -0.1) is 0 Å². The molecule has 1 aliphatic carbocycles. The summed E-state index contributed by atoms with van der Waals surface area (Å²) in [6.45, 7) is 0.649. The molecule has 174 valence electrons. The molecule has 0 saturated heterocycles. The predicted molar refractivity (Wildman–Crippen MR) is 121 cm³/mol. The highest BCUT2D eigenvalue weighted by atomic mass is 19.1. The van der Waals surface area contributed by atoms with Gasteiger partial charge in [0.25, 0.3) is 5.91 Å². The van der Waals surface area contributed by atoms with E-state index in [-0.39, 0.29) is 36.1 Å². The van der Waals surface area contributed by atoms with Crippen LogP contribution >= 0.6 is 0 Å². The minimum Gasteiger partial charge on any atom is -0.497 e. The van der Waals surface area contributed by atoms with Gasteiger partial charge in [0, 0.05) is 26.0 Å². The average molecular weight is 454 g/mol. The van der Waals surface area contributed by atoms with E-state index in [1.807, 2.05) is 24.3 Å². The van der Waals surface area contributed by atoms with E-state index in [1.165, 1.54) is 17.1 Å². The number of methoxy groups -OCH3 is 2. The molecule has 7 nitrogen and oxygen atoms in total. The van der Waals surface area contributed by atoms with E-state index in [1.54, 1.807) is 31.3 Å². The number of nitrogens with zero attached hydrogens (tertiary/aromatic N) is 3. The first-order chi connectivity index (χ1) is 16.0. The summed E-state index contributed by atoms with van der Waals surface area (Å²) in [6, 6.07) is 13.3. The summed E-state index contributed by atoms with van der Waals surface area (Å²) in [5, 5.41) is 6.08. The van der Waals surface area contributed by atoms with Crippen molar-refractivity contribution in [2.24, 2.45) is 11.0 Å². The van der Waals surface area contributed by atoms with E-state index in [0.29, 0.717) is 25.3 Å². The van der Waals surface area contributed by atoms with Crippen LogP contribution in [0.4, 0.5) is 4.39 Å². The molecule has 1 atom stereocenters. The van der Waals surface area contributed by atoms with Crippen LogP contribution in [0, 0.1) is 11.7 Å². The van der Waals surface area contributed by atoms with Gasteiger partial charge in [-0.25, -0.2) is 9.40 Å². The fraction of sp³-hybridized carbons (Fsp3) is 0.400. The molecule has 0 bridgehead atoms. The second-order valence-corrected chi connectivity index (χ2v) is 8.31. The number of hydrogen-bond donors (Lipinski definition) is 0. The molecule has 0 unspecified atom stereocenters. The molecular weight excluding hydrogens is 425 g/mol. The lowest BCUT2D eigenvalue weighted by atomic mass is 9.98. The lowest BCUT2D eigenvalue weighted by Crippen LogP contribution is -2.43. The van der Waals surface area contributed by atoms with Crippen molar-refractivity contribution in [3.05, 3.63) is 65.5 Å². The van der Waals surface area contributed by atoms with Crippen LogP contribution in [-0.2, 0) is 14.3 Å². The van der Waals surface area contributed by atoms with Crippen LogP contribution in [0.3, 0.4) is 0 Å². The smallest absolute Gasteiger partial charge is 0.262 e. The van der Waals surface area contributed by atoms with Crippen molar-refractivity contribution >= 4 is 17.5 Å². The molecule has 33 heavy (non-hydrogen) atoms. The van der Waals surface area contributed by atoms with Gasteiger partial charge in [0.2, 0.25) is 5.91 Å². The lowest BCUT2D eigenvalue weighted by molar-refractivity contribution is -0.142. The summed E-state index contributed by atoms with van der Waals surface area (Å²) in [5.41, 5.74) is 2.36. The molecule has 1 aliphatic heterocycles. The first-order valence-electron chi connectivity index (χ1n) is 11.1. The Bertz CT molecular complexity index is 1020. The standard InChI is InChI=1S/C25H28FN3O4/c1-32-14-13-28(25(31)19-3-4-19)16-24(30)29-23(18-7-11-21(33-2)12-8-18)15-22(27-29)17-5-9-20(26)10-6-17/h5-12,19,23H,3-4,13-16H2,1-2H3/t23-/m0/s1. The van der Waals surface area contributed by atoms with Crippen molar-refractivity contribution in [3.63, 3.8) is 0 Å².